The van der Waals surface area contributed by atoms with E-state index in [1.54, 1.807) is 11.1 Å². The SMILES string of the molecule is CC(C)(C)NCc1ccc(OCCN2CCNC2=O)cn1. The average molecular weight is 292 g/mol. The van der Waals surface area contributed by atoms with Gasteiger partial charge in [0.05, 0.1) is 18.4 Å². The standard InChI is InChI=1S/C15H24N4O2/c1-15(2,3)18-10-12-4-5-13(11-17-12)21-9-8-19-7-6-16-14(19)20/h4-5,11,18H,6-10H2,1-3H3,(H,16,20). The number of ether oxygens (including phenoxy) is 1. The maximum atomic E-state index is 11.4. The topological polar surface area (TPSA) is 66.5 Å². The molecule has 0 atom stereocenters. The summed E-state index contributed by atoms with van der Waals surface area (Å²) in [5.74, 6) is 0.731. The van der Waals surface area contributed by atoms with Gasteiger partial charge < -0.3 is 20.3 Å². The summed E-state index contributed by atoms with van der Waals surface area (Å²) >= 11 is 0. The Bertz CT molecular complexity index is 468. The van der Waals surface area contributed by atoms with E-state index in [9.17, 15) is 4.79 Å². The van der Waals surface area contributed by atoms with Crippen LogP contribution in [0.3, 0.4) is 0 Å². The minimum Gasteiger partial charge on any atom is -0.490 e. The summed E-state index contributed by atoms with van der Waals surface area (Å²) in [5, 5.41) is 6.15. The highest BCUT2D eigenvalue weighted by Gasteiger charge is 2.18. The lowest BCUT2D eigenvalue weighted by atomic mass is 10.1. The molecule has 0 radical (unpaired) electrons. The molecular weight excluding hydrogens is 268 g/mol. The van der Waals surface area contributed by atoms with Gasteiger partial charge in [0, 0.05) is 25.2 Å². The Kier molecular flexibility index (Phi) is 5.01. The number of nitrogens with one attached hydrogen (secondary N) is 2. The van der Waals surface area contributed by atoms with Crippen LogP contribution in [-0.2, 0) is 6.54 Å². The van der Waals surface area contributed by atoms with Crippen LogP contribution >= 0.6 is 0 Å². The van der Waals surface area contributed by atoms with E-state index in [-0.39, 0.29) is 11.6 Å². The summed E-state index contributed by atoms with van der Waals surface area (Å²) < 4.78 is 5.61. The fourth-order valence-corrected chi connectivity index (χ4v) is 1.95. The van der Waals surface area contributed by atoms with Gasteiger partial charge >= 0.3 is 6.03 Å². The van der Waals surface area contributed by atoms with E-state index in [0.29, 0.717) is 13.2 Å². The van der Waals surface area contributed by atoms with Gasteiger partial charge in [-0.2, -0.15) is 0 Å². The van der Waals surface area contributed by atoms with Crippen LogP contribution in [0.15, 0.2) is 18.3 Å². The Morgan fingerprint density at radius 1 is 1.43 bits per heavy atom. The molecule has 0 aliphatic carbocycles. The molecule has 1 aromatic rings. The molecule has 6 nitrogen and oxygen atoms in total. The van der Waals surface area contributed by atoms with Crippen molar-refractivity contribution in [3.63, 3.8) is 0 Å². The van der Waals surface area contributed by atoms with Gasteiger partial charge in [0.1, 0.15) is 12.4 Å². The Morgan fingerprint density at radius 2 is 2.24 bits per heavy atom. The summed E-state index contributed by atoms with van der Waals surface area (Å²) in [7, 11) is 0. The Balaban J connectivity index is 1.73. The quantitative estimate of drug-likeness (QED) is 0.831. The number of pyridine rings is 1. The molecule has 1 aliphatic rings. The van der Waals surface area contributed by atoms with Gasteiger partial charge in [0.25, 0.3) is 0 Å². The first kappa shape index (κ1) is 15.6. The first-order valence-electron chi connectivity index (χ1n) is 7.29. The first-order chi connectivity index (χ1) is 9.94. The number of rotatable bonds is 6. The van der Waals surface area contributed by atoms with Gasteiger partial charge in [-0.3, -0.25) is 4.98 Å². The summed E-state index contributed by atoms with van der Waals surface area (Å²) in [6.07, 6.45) is 1.73. The minimum atomic E-state index is -0.0136. The molecule has 2 rings (SSSR count). The zero-order valence-corrected chi connectivity index (χ0v) is 13.0. The van der Waals surface area contributed by atoms with Crippen LogP contribution in [-0.4, -0.2) is 47.7 Å². The van der Waals surface area contributed by atoms with Crippen molar-refractivity contribution < 1.29 is 9.53 Å². The Morgan fingerprint density at radius 3 is 2.81 bits per heavy atom. The summed E-state index contributed by atoms with van der Waals surface area (Å²) in [6.45, 7) is 9.65. The molecule has 116 valence electrons. The van der Waals surface area contributed by atoms with Crippen LogP contribution in [0.1, 0.15) is 26.5 Å². The van der Waals surface area contributed by atoms with E-state index in [0.717, 1.165) is 31.1 Å². The summed E-state index contributed by atoms with van der Waals surface area (Å²) in [4.78, 5) is 17.5. The lowest BCUT2D eigenvalue weighted by Crippen LogP contribution is -2.35. The number of aromatic nitrogens is 1. The van der Waals surface area contributed by atoms with Gasteiger partial charge in [0.2, 0.25) is 0 Å². The summed E-state index contributed by atoms with van der Waals surface area (Å²) in [5.41, 5.74) is 1.06. The van der Waals surface area contributed by atoms with Crippen LogP contribution in [0.25, 0.3) is 0 Å². The van der Waals surface area contributed by atoms with Gasteiger partial charge in [-0.1, -0.05) is 0 Å². The third-order valence-electron chi connectivity index (χ3n) is 3.17. The lowest BCUT2D eigenvalue weighted by Gasteiger charge is -2.20. The second-order valence-corrected chi connectivity index (χ2v) is 6.16. The van der Waals surface area contributed by atoms with Crippen molar-refractivity contribution in [1.82, 2.24) is 20.5 Å². The normalized spacial score (nSPS) is 15.2. The van der Waals surface area contributed by atoms with Crippen LogP contribution in [0, 0.1) is 0 Å². The van der Waals surface area contributed by atoms with Crippen molar-refractivity contribution in [2.24, 2.45) is 0 Å². The molecule has 0 saturated carbocycles. The maximum Gasteiger partial charge on any atom is 0.317 e. The summed E-state index contributed by atoms with van der Waals surface area (Å²) in [6, 6.07) is 3.85. The molecule has 2 amide bonds. The molecule has 0 spiro atoms. The van der Waals surface area contributed by atoms with E-state index in [4.69, 9.17) is 4.74 Å². The van der Waals surface area contributed by atoms with Crippen LogP contribution in [0.4, 0.5) is 4.79 Å². The molecule has 1 saturated heterocycles. The molecule has 0 unspecified atom stereocenters. The maximum absolute atomic E-state index is 11.4. The number of hydrogen-bond acceptors (Lipinski definition) is 4. The van der Waals surface area contributed by atoms with E-state index < -0.39 is 0 Å². The molecule has 2 N–H and O–H groups in total. The Hall–Kier alpha value is -1.82. The number of carbonyl (C=O) groups excluding carboxylic acids is 1. The number of hydrogen-bond donors (Lipinski definition) is 2. The van der Waals surface area contributed by atoms with Crippen LogP contribution in [0.5, 0.6) is 5.75 Å². The minimum absolute atomic E-state index is 0.0136. The molecule has 1 fully saturated rings. The number of urea groups is 1. The number of amides is 2. The zero-order valence-electron chi connectivity index (χ0n) is 13.0. The monoisotopic (exact) mass is 292 g/mol. The van der Waals surface area contributed by atoms with Gasteiger partial charge in [0.15, 0.2) is 0 Å². The van der Waals surface area contributed by atoms with E-state index in [1.807, 2.05) is 12.1 Å². The smallest absolute Gasteiger partial charge is 0.317 e. The van der Waals surface area contributed by atoms with Crippen LogP contribution in [0.2, 0.25) is 0 Å². The molecule has 2 heterocycles. The zero-order chi connectivity index (χ0) is 15.3. The van der Waals surface area contributed by atoms with E-state index in [2.05, 4.69) is 36.4 Å². The van der Waals surface area contributed by atoms with Crippen molar-refractivity contribution in [2.75, 3.05) is 26.2 Å². The predicted octanol–water partition coefficient (Wildman–Crippen LogP) is 1.37. The molecular formula is C15H24N4O2. The number of carbonyl (C=O) groups is 1. The van der Waals surface area contributed by atoms with Gasteiger partial charge in [-0.05, 0) is 32.9 Å². The first-order valence-corrected chi connectivity index (χ1v) is 7.29. The fourth-order valence-electron chi connectivity index (χ4n) is 1.95. The Labute approximate surface area is 125 Å². The molecule has 21 heavy (non-hydrogen) atoms. The highest BCUT2D eigenvalue weighted by Crippen LogP contribution is 2.10. The van der Waals surface area contributed by atoms with E-state index in [1.165, 1.54) is 0 Å². The van der Waals surface area contributed by atoms with Crippen molar-refractivity contribution in [1.29, 1.82) is 0 Å². The van der Waals surface area contributed by atoms with Crippen molar-refractivity contribution in [3.8, 4) is 5.75 Å². The molecule has 6 heteroatoms. The number of nitrogens with zero attached hydrogens (tertiary/aromatic N) is 2. The van der Waals surface area contributed by atoms with Gasteiger partial charge in [-0.25, -0.2) is 4.79 Å². The predicted molar refractivity (Wildman–Crippen MR) is 81.3 cm³/mol. The average Bonchev–Trinajstić information content (AvgIpc) is 2.83. The molecule has 1 aromatic heterocycles. The molecule has 1 aliphatic heterocycles. The second-order valence-electron chi connectivity index (χ2n) is 6.16. The van der Waals surface area contributed by atoms with Crippen molar-refractivity contribution >= 4 is 6.03 Å². The van der Waals surface area contributed by atoms with Gasteiger partial charge in [-0.15, -0.1) is 0 Å². The second kappa shape index (κ2) is 6.76. The van der Waals surface area contributed by atoms with Crippen molar-refractivity contribution in [2.45, 2.75) is 32.9 Å². The fraction of sp³-hybridized carbons (Fsp3) is 0.600. The van der Waals surface area contributed by atoms with E-state index >= 15 is 0 Å². The highest BCUT2D eigenvalue weighted by molar-refractivity contribution is 5.76. The lowest BCUT2D eigenvalue weighted by molar-refractivity contribution is 0.202. The molecule has 0 aromatic carbocycles. The molecule has 0 bridgehead atoms. The largest absolute Gasteiger partial charge is 0.490 e. The van der Waals surface area contributed by atoms with Crippen molar-refractivity contribution in [3.05, 3.63) is 24.0 Å². The third kappa shape index (κ3) is 5.23. The van der Waals surface area contributed by atoms with Crippen LogP contribution < -0.4 is 15.4 Å². The highest BCUT2D eigenvalue weighted by atomic mass is 16.5. The third-order valence-corrected chi connectivity index (χ3v) is 3.17.